The van der Waals surface area contributed by atoms with Gasteiger partial charge < -0.3 is 0 Å². The normalized spacial score (nSPS) is 10.3. The van der Waals surface area contributed by atoms with Crippen LogP contribution in [0.3, 0.4) is 0 Å². The highest BCUT2D eigenvalue weighted by molar-refractivity contribution is 7.13. The largest absolute Gasteiger partial charge is 0.328 e. The number of anilines is 2. The van der Waals surface area contributed by atoms with Crippen LogP contribution >= 0.6 is 34.5 Å². The lowest BCUT2D eigenvalue weighted by Crippen LogP contribution is -2.35. The second kappa shape index (κ2) is 6.92. The van der Waals surface area contributed by atoms with Gasteiger partial charge in [-0.05, 0) is 24.6 Å². The molecule has 106 valence electrons. The lowest BCUT2D eigenvalue weighted by Gasteiger charge is -2.22. The van der Waals surface area contributed by atoms with Crippen molar-refractivity contribution in [3.05, 3.63) is 39.8 Å². The maximum Gasteiger partial charge on any atom is 0.328 e. The van der Waals surface area contributed by atoms with E-state index in [2.05, 4.69) is 10.3 Å². The predicted molar refractivity (Wildman–Crippen MR) is 85.2 cm³/mol. The number of aromatic nitrogens is 1. The van der Waals surface area contributed by atoms with Gasteiger partial charge in [-0.1, -0.05) is 30.1 Å². The number of carbonyl (C=O) groups excluding carboxylic acids is 1. The molecule has 1 heterocycles. The Bertz CT molecular complexity index is 589. The molecule has 20 heavy (non-hydrogen) atoms. The zero-order valence-corrected chi connectivity index (χ0v) is 13.1. The first kappa shape index (κ1) is 15.1. The van der Waals surface area contributed by atoms with Crippen LogP contribution in [0.4, 0.5) is 15.6 Å². The number of benzene rings is 1. The lowest BCUT2D eigenvalue weighted by molar-refractivity contribution is 0.257. The average Bonchev–Trinajstić information content (AvgIpc) is 2.92. The highest BCUT2D eigenvalue weighted by Gasteiger charge is 2.16. The quantitative estimate of drug-likeness (QED) is 0.867. The monoisotopic (exact) mass is 329 g/mol. The average molecular weight is 330 g/mol. The standard InChI is InChI=1S/C13H13Cl2N3OS/c1-2-6-18(9-3-4-10(14)11(15)8-9)13(19)17-12-16-5-7-20-12/h3-5,7-8H,2,6H2,1H3,(H,16,17,19). The van der Waals surface area contributed by atoms with Gasteiger partial charge in [0.2, 0.25) is 0 Å². The number of nitrogens with zero attached hydrogens (tertiary/aromatic N) is 2. The minimum Gasteiger partial charge on any atom is -0.294 e. The summed E-state index contributed by atoms with van der Waals surface area (Å²) in [4.78, 5) is 18.0. The molecule has 0 saturated carbocycles. The maximum atomic E-state index is 12.3. The van der Waals surface area contributed by atoms with Gasteiger partial charge in [0.25, 0.3) is 0 Å². The first-order valence-corrected chi connectivity index (χ1v) is 7.68. The smallest absolute Gasteiger partial charge is 0.294 e. The van der Waals surface area contributed by atoms with Gasteiger partial charge in [-0.3, -0.25) is 10.2 Å². The Kier molecular flexibility index (Phi) is 5.23. The summed E-state index contributed by atoms with van der Waals surface area (Å²) in [6.07, 6.45) is 2.47. The van der Waals surface area contributed by atoms with Gasteiger partial charge in [-0.2, -0.15) is 0 Å². The molecule has 7 heteroatoms. The summed E-state index contributed by atoms with van der Waals surface area (Å²) < 4.78 is 0. The van der Waals surface area contributed by atoms with Crippen molar-refractivity contribution < 1.29 is 4.79 Å². The van der Waals surface area contributed by atoms with Gasteiger partial charge in [0.1, 0.15) is 0 Å². The number of carbonyl (C=O) groups is 1. The molecule has 0 unspecified atom stereocenters. The summed E-state index contributed by atoms with van der Waals surface area (Å²) in [5.74, 6) is 0. The Morgan fingerprint density at radius 1 is 1.40 bits per heavy atom. The molecule has 0 bridgehead atoms. The number of halogens is 2. The van der Waals surface area contributed by atoms with Crippen LogP contribution in [-0.4, -0.2) is 17.6 Å². The van der Waals surface area contributed by atoms with E-state index < -0.39 is 0 Å². The summed E-state index contributed by atoms with van der Waals surface area (Å²) in [5, 5.41) is 6.02. The van der Waals surface area contributed by atoms with E-state index in [4.69, 9.17) is 23.2 Å². The highest BCUT2D eigenvalue weighted by atomic mass is 35.5. The van der Waals surface area contributed by atoms with Crippen molar-refractivity contribution in [1.82, 2.24) is 4.98 Å². The third-order valence-electron chi connectivity index (χ3n) is 2.55. The minimum absolute atomic E-state index is 0.236. The van der Waals surface area contributed by atoms with E-state index in [-0.39, 0.29) is 6.03 Å². The van der Waals surface area contributed by atoms with Crippen LogP contribution in [-0.2, 0) is 0 Å². The molecular formula is C13H13Cl2N3OS. The maximum absolute atomic E-state index is 12.3. The zero-order chi connectivity index (χ0) is 14.5. The number of thiazole rings is 1. The Morgan fingerprint density at radius 2 is 2.20 bits per heavy atom. The number of urea groups is 1. The molecule has 0 fully saturated rings. The van der Waals surface area contributed by atoms with Crippen LogP contribution in [0.1, 0.15) is 13.3 Å². The summed E-state index contributed by atoms with van der Waals surface area (Å²) in [6.45, 7) is 2.58. The molecule has 0 spiro atoms. The molecule has 0 aliphatic heterocycles. The fraction of sp³-hybridized carbons (Fsp3) is 0.231. The van der Waals surface area contributed by atoms with E-state index in [0.29, 0.717) is 27.4 Å². The molecule has 0 atom stereocenters. The molecule has 2 aromatic rings. The SMILES string of the molecule is CCCN(C(=O)Nc1nccs1)c1ccc(Cl)c(Cl)c1. The second-order valence-corrected chi connectivity index (χ2v) is 5.73. The van der Waals surface area contributed by atoms with E-state index in [1.165, 1.54) is 11.3 Å². The van der Waals surface area contributed by atoms with Gasteiger partial charge >= 0.3 is 6.03 Å². The summed E-state index contributed by atoms with van der Waals surface area (Å²) in [6, 6.07) is 4.89. The fourth-order valence-corrected chi connectivity index (χ4v) is 2.48. The molecule has 1 aromatic carbocycles. The van der Waals surface area contributed by atoms with Crippen LogP contribution in [0.15, 0.2) is 29.8 Å². The third-order valence-corrected chi connectivity index (χ3v) is 3.98. The Morgan fingerprint density at radius 3 is 2.80 bits per heavy atom. The summed E-state index contributed by atoms with van der Waals surface area (Å²) >= 11 is 13.3. The first-order valence-electron chi connectivity index (χ1n) is 6.05. The van der Waals surface area contributed by atoms with Crippen molar-refractivity contribution in [2.24, 2.45) is 0 Å². The van der Waals surface area contributed by atoms with Gasteiger partial charge in [0, 0.05) is 23.8 Å². The first-order chi connectivity index (χ1) is 9.61. The van der Waals surface area contributed by atoms with E-state index in [9.17, 15) is 4.79 Å². The van der Waals surface area contributed by atoms with Crippen LogP contribution < -0.4 is 10.2 Å². The van der Waals surface area contributed by atoms with Crippen LogP contribution in [0.25, 0.3) is 0 Å². The lowest BCUT2D eigenvalue weighted by atomic mass is 10.3. The number of amides is 2. The number of rotatable bonds is 4. The van der Waals surface area contributed by atoms with E-state index in [1.54, 1.807) is 34.7 Å². The Balaban J connectivity index is 2.21. The number of hydrogen-bond acceptors (Lipinski definition) is 3. The van der Waals surface area contributed by atoms with Gasteiger partial charge in [-0.25, -0.2) is 9.78 Å². The van der Waals surface area contributed by atoms with Crippen LogP contribution in [0.5, 0.6) is 0 Å². The third kappa shape index (κ3) is 3.62. The molecule has 2 rings (SSSR count). The number of hydrogen-bond donors (Lipinski definition) is 1. The number of nitrogens with one attached hydrogen (secondary N) is 1. The van der Waals surface area contributed by atoms with E-state index in [0.717, 1.165) is 6.42 Å². The van der Waals surface area contributed by atoms with Gasteiger partial charge in [0.15, 0.2) is 5.13 Å². The molecule has 4 nitrogen and oxygen atoms in total. The molecule has 0 aliphatic carbocycles. The summed E-state index contributed by atoms with van der Waals surface area (Å²) in [5.41, 5.74) is 0.704. The highest BCUT2D eigenvalue weighted by Crippen LogP contribution is 2.28. The van der Waals surface area contributed by atoms with Gasteiger partial charge in [0.05, 0.1) is 10.0 Å². The van der Waals surface area contributed by atoms with Crippen molar-refractivity contribution in [2.75, 3.05) is 16.8 Å². The van der Waals surface area contributed by atoms with Crippen molar-refractivity contribution in [1.29, 1.82) is 0 Å². The van der Waals surface area contributed by atoms with Crippen molar-refractivity contribution in [3.63, 3.8) is 0 Å². The van der Waals surface area contributed by atoms with E-state index >= 15 is 0 Å². The van der Waals surface area contributed by atoms with Crippen LogP contribution in [0, 0.1) is 0 Å². The fourth-order valence-electron chi connectivity index (χ4n) is 1.67. The Hall–Kier alpha value is -1.30. The topological polar surface area (TPSA) is 45.2 Å². The summed E-state index contributed by atoms with van der Waals surface area (Å²) in [7, 11) is 0. The predicted octanol–water partition coefficient (Wildman–Crippen LogP) is 4.90. The second-order valence-electron chi connectivity index (χ2n) is 4.02. The van der Waals surface area contributed by atoms with Crippen LogP contribution in [0.2, 0.25) is 10.0 Å². The van der Waals surface area contributed by atoms with Crippen molar-refractivity contribution >= 4 is 51.4 Å². The molecule has 2 amide bonds. The molecule has 0 aliphatic rings. The molecule has 1 aromatic heterocycles. The van der Waals surface area contributed by atoms with Gasteiger partial charge in [-0.15, -0.1) is 11.3 Å². The van der Waals surface area contributed by atoms with Crippen molar-refractivity contribution in [3.8, 4) is 0 Å². The molecular weight excluding hydrogens is 317 g/mol. The van der Waals surface area contributed by atoms with Crippen molar-refractivity contribution in [2.45, 2.75) is 13.3 Å². The zero-order valence-electron chi connectivity index (χ0n) is 10.8. The Labute approximate surface area is 131 Å². The minimum atomic E-state index is -0.236. The molecule has 0 saturated heterocycles. The van der Waals surface area contributed by atoms with E-state index in [1.807, 2.05) is 6.92 Å². The molecule has 0 radical (unpaired) electrons. The molecule has 1 N–H and O–H groups in total.